The Labute approximate surface area is 144 Å². The van der Waals surface area contributed by atoms with Crippen molar-refractivity contribution in [3.05, 3.63) is 89.8 Å². The van der Waals surface area contributed by atoms with E-state index in [2.05, 4.69) is 26.0 Å². The van der Waals surface area contributed by atoms with Crippen LogP contribution < -0.4 is 0 Å². The molecule has 0 saturated carbocycles. The highest BCUT2D eigenvalue weighted by Crippen LogP contribution is 2.19. The lowest BCUT2D eigenvalue weighted by Gasteiger charge is -2.03. The Bertz CT molecular complexity index is 1010. The third kappa shape index (κ3) is 3.30. The minimum absolute atomic E-state index is 0.0245. The molecule has 0 saturated heterocycles. The zero-order chi connectivity index (χ0) is 17.1. The van der Waals surface area contributed by atoms with E-state index in [1.165, 1.54) is 5.56 Å². The van der Waals surface area contributed by atoms with Crippen molar-refractivity contribution in [3.63, 3.8) is 0 Å². The molecule has 122 valence electrons. The number of hydrogen-bond donors (Lipinski definition) is 1. The summed E-state index contributed by atoms with van der Waals surface area (Å²) < 4.78 is 0. The van der Waals surface area contributed by atoms with Crippen LogP contribution in [0.3, 0.4) is 0 Å². The van der Waals surface area contributed by atoms with E-state index in [-0.39, 0.29) is 12.2 Å². The van der Waals surface area contributed by atoms with E-state index in [0.717, 1.165) is 28.7 Å². The highest BCUT2D eigenvalue weighted by Gasteiger charge is 2.10. The average molecular weight is 328 g/mol. The van der Waals surface area contributed by atoms with Crippen LogP contribution in [0.5, 0.6) is 0 Å². The summed E-state index contributed by atoms with van der Waals surface area (Å²) in [6, 6.07) is 13.2. The molecule has 0 aliphatic carbocycles. The quantitative estimate of drug-likeness (QED) is 0.570. The molecule has 4 aromatic heterocycles. The summed E-state index contributed by atoms with van der Waals surface area (Å²) in [5.74, 6) is -0.0245. The van der Waals surface area contributed by atoms with Gasteiger partial charge in [0.1, 0.15) is 11.3 Å². The number of aromatic nitrogens is 4. The van der Waals surface area contributed by atoms with Crippen LogP contribution in [-0.4, -0.2) is 25.7 Å². The first-order chi connectivity index (χ1) is 12.3. The van der Waals surface area contributed by atoms with Gasteiger partial charge >= 0.3 is 0 Å². The average Bonchev–Trinajstić information content (AvgIpc) is 3.07. The van der Waals surface area contributed by atoms with Gasteiger partial charge in [-0.3, -0.25) is 14.8 Å². The number of aromatic amines is 1. The van der Waals surface area contributed by atoms with Gasteiger partial charge < -0.3 is 4.98 Å². The maximum atomic E-state index is 12.2. The topological polar surface area (TPSA) is 71.5 Å². The van der Waals surface area contributed by atoms with Crippen molar-refractivity contribution in [1.82, 2.24) is 19.9 Å². The minimum Gasteiger partial charge on any atom is -0.346 e. The summed E-state index contributed by atoms with van der Waals surface area (Å²) >= 11 is 0. The van der Waals surface area contributed by atoms with Crippen LogP contribution in [0, 0.1) is 0 Å². The van der Waals surface area contributed by atoms with Gasteiger partial charge in [0.15, 0.2) is 5.78 Å². The standard InChI is InChI=1S/C20H16N4O/c25-19(18-5-1-2-8-21-18)11-16-7-6-14(12-23-16)10-15-13-24-20-17(15)4-3-9-22-20/h1-9,12-13H,10-11H2,(H,22,24). The molecule has 5 heteroatoms. The van der Waals surface area contributed by atoms with Gasteiger partial charge in [0.2, 0.25) is 0 Å². The van der Waals surface area contributed by atoms with E-state index in [4.69, 9.17) is 0 Å². The molecule has 0 aliphatic heterocycles. The van der Waals surface area contributed by atoms with Crippen LogP contribution in [-0.2, 0) is 12.8 Å². The number of carbonyl (C=O) groups is 1. The molecule has 0 atom stereocenters. The number of pyridine rings is 3. The molecule has 0 unspecified atom stereocenters. The maximum Gasteiger partial charge on any atom is 0.187 e. The summed E-state index contributed by atoms with van der Waals surface area (Å²) in [5, 5.41) is 1.12. The second-order valence-corrected chi connectivity index (χ2v) is 5.86. The fourth-order valence-electron chi connectivity index (χ4n) is 2.83. The molecular formula is C20H16N4O. The lowest BCUT2D eigenvalue weighted by atomic mass is 10.1. The van der Waals surface area contributed by atoms with Crippen LogP contribution >= 0.6 is 0 Å². The van der Waals surface area contributed by atoms with Crippen LogP contribution in [0.15, 0.2) is 67.3 Å². The predicted molar refractivity (Wildman–Crippen MR) is 95.4 cm³/mol. The van der Waals surface area contributed by atoms with Crippen LogP contribution in [0.25, 0.3) is 11.0 Å². The van der Waals surface area contributed by atoms with E-state index < -0.39 is 0 Å². The van der Waals surface area contributed by atoms with Crippen LogP contribution in [0.4, 0.5) is 0 Å². The Morgan fingerprint density at radius 3 is 2.68 bits per heavy atom. The number of nitrogens with zero attached hydrogens (tertiary/aromatic N) is 3. The number of Topliss-reactive ketones (excluding diaryl/α,β-unsaturated/α-hetero) is 1. The monoisotopic (exact) mass is 328 g/mol. The zero-order valence-electron chi connectivity index (χ0n) is 13.5. The first-order valence-corrected chi connectivity index (χ1v) is 8.08. The highest BCUT2D eigenvalue weighted by molar-refractivity contribution is 5.95. The Morgan fingerprint density at radius 2 is 1.88 bits per heavy atom. The van der Waals surface area contributed by atoms with Gasteiger partial charge in [-0.2, -0.15) is 0 Å². The number of fused-ring (bicyclic) bond motifs is 1. The van der Waals surface area contributed by atoms with E-state index in [1.54, 1.807) is 24.5 Å². The van der Waals surface area contributed by atoms with Gasteiger partial charge in [-0.1, -0.05) is 12.1 Å². The number of H-pyrrole nitrogens is 1. The van der Waals surface area contributed by atoms with Crippen molar-refractivity contribution >= 4 is 16.8 Å². The summed E-state index contributed by atoms with van der Waals surface area (Å²) in [5.41, 5.74) is 4.39. The van der Waals surface area contributed by atoms with Crippen LogP contribution in [0.2, 0.25) is 0 Å². The van der Waals surface area contributed by atoms with Gasteiger partial charge in [0.05, 0.1) is 6.42 Å². The number of carbonyl (C=O) groups excluding carboxylic acids is 1. The van der Waals surface area contributed by atoms with Gasteiger partial charge in [-0.25, -0.2) is 4.98 Å². The fourth-order valence-corrected chi connectivity index (χ4v) is 2.83. The van der Waals surface area contributed by atoms with Crippen molar-refractivity contribution in [1.29, 1.82) is 0 Å². The minimum atomic E-state index is -0.0245. The molecule has 0 fully saturated rings. The Morgan fingerprint density at radius 1 is 0.960 bits per heavy atom. The zero-order valence-corrected chi connectivity index (χ0v) is 13.5. The molecule has 0 aromatic carbocycles. The summed E-state index contributed by atoms with van der Waals surface area (Å²) in [7, 11) is 0. The molecule has 0 spiro atoms. The molecule has 0 bridgehead atoms. The van der Waals surface area contributed by atoms with Gasteiger partial charge in [-0.05, 0) is 41.5 Å². The van der Waals surface area contributed by atoms with Crippen molar-refractivity contribution in [3.8, 4) is 0 Å². The highest BCUT2D eigenvalue weighted by atomic mass is 16.1. The molecular weight excluding hydrogens is 312 g/mol. The van der Waals surface area contributed by atoms with Crippen molar-refractivity contribution < 1.29 is 4.79 Å². The molecule has 1 N–H and O–H groups in total. The number of ketones is 1. The third-order valence-electron chi connectivity index (χ3n) is 4.11. The number of rotatable bonds is 5. The summed E-state index contributed by atoms with van der Waals surface area (Å²) in [6.07, 6.45) is 8.24. The summed E-state index contributed by atoms with van der Waals surface area (Å²) in [4.78, 5) is 28.2. The first kappa shape index (κ1) is 15.2. The van der Waals surface area contributed by atoms with E-state index in [0.29, 0.717) is 5.69 Å². The molecule has 4 heterocycles. The SMILES string of the molecule is O=C(Cc1ccc(Cc2c[nH]c3ncccc23)cn1)c1ccccn1. The lowest BCUT2D eigenvalue weighted by molar-refractivity contribution is 0.0987. The van der Waals surface area contributed by atoms with E-state index in [9.17, 15) is 4.79 Å². The van der Waals surface area contributed by atoms with E-state index >= 15 is 0 Å². The molecule has 25 heavy (non-hydrogen) atoms. The van der Waals surface area contributed by atoms with Crippen molar-refractivity contribution in [2.45, 2.75) is 12.8 Å². The molecule has 4 aromatic rings. The van der Waals surface area contributed by atoms with Gasteiger partial charge in [-0.15, -0.1) is 0 Å². The van der Waals surface area contributed by atoms with Crippen molar-refractivity contribution in [2.24, 2.45) is 0 Å². The molecule has 5 nitrogen and oxygen atoms in total. The first-order valence-electron chi connectivity index (χ1n) is 8.08. The normalized spacial score (nSPS) is 10.9. The van der Waals surface area contributed by atoms with Gasteiger partial charge in [0, 0.05) is 42.3 Å². The largest absolute Gasteiger partial charge is 0.346 e. The predicted octanol–water partition coefficient (Wildman–Crippen LogP) is 3.37. The third-order valence-corrected chi connectivity index (χ3v) is 4.11. The summed E-state index contributed by atoms with van der Waals surface area (Å²) in [6.45, 7) is 0. The Kier molecular flexibility index (Phi) is 4.04. The molecule has 0 aliphatic rings. The molecule has 4 rings (SSSR count). The second-order valence-electron chi connectivity index (χ2n) is 5.86. The molecule has 0 amide bonds. The number of nitrogens with one attached hydrogen (secondary N) is 1. The van der Waals surface area contributed by atoms with Gasteiger partial charge in [0.25, 0.3) is 0 Å². The second kappa shape index (κ2) is 6.65. The number of hydrogen-bond acceptors (Lipinski definition) is 4. The lowest BCUT2D eigenvalue weighted by Crippen LogP contribution is -2.07. The van der Waals surface area contributed by atoms with Crippen LogP contribution in [0.1, 0.15) is 27.3 Å². The fraction of sp³-hybridized carbons (Fsp3) is 0.100. The maximum absolute atomic E-state index is 12.2. The van der Waals surface area contributed by atoms with Crippen molar-refractivity contribution in [2.75, 3.05) is 0 Å². The smallest absolute Gasteiger partial charge is 0.187 e. The Hall–Kier alpha value is -3.34. The van der Waals surface area contributed by atoms with E-state index in [1.807, 2.05) is 36.7 Å². The Balaban J connectivity index is 1.48. The molecule has 0 radical (unpaired) electrons.